The summed E-state index contributed by atoms with van der Waals surface area (Å²) in [4.78, 5) is 10.3. The Morgan fingerprint density at radius 3 is 0.912 bits per heavy atom. The minimum atomic E-state index is -0.954. The zero-order chi connectivity index (χ0) is 27.0. The molecule has 0 aromatic rings. The summed E-state index contributed by atoms with van der Waals surface area (Å²) in [6.45, 7) is 0.0596. The highest BCUT2D eigenvalue weighted by atomic mass is 16.4. The van der Waals surface area contributed by atoms with Crippen molar-refractivity contribution in [2.24, 2.45) is 0 Å². The summed E-state index contributed by atoms with van der Waals surface area (Å²) in [7, 11) is 0. The van der Waals surface area contributed by atoms with Gasteiger partial charge in [-0.25, -0.2) is 0 Å². The van der Waals surface area contributed by atoms with Gasteiger partial charge in [0.15, 0.2) is 0 Å². The van der Waals surface area contributed by atoms with E-state index < -0.39 is 24.3 Å². The van der Waals surface area contributed by atoms with Crippen LogP contribution in [0.4, 0.5) is 0 Å². The van der Waals surface area contributed by atoms with Crippen LogP contribution in [0.5, 0.6) is 0 Å². The minimum Gasteiger partial charge on any atom is -0.481 e. The molecule has 0 saturated carbocycles. The van der Waals surface area contributed by atoms with Crippen molar-refractivity contribution in [1.29, 1.82) is 0 Å². The van der Waals surface area contributed by atoms with Crippen molar-refractivity contribution in [2.45, 2.75) is 102 Å². The van der Waals surface area contributed by atoms with Crippen molar-refractivity contribution in [3.8, 4) is 0 Å². The average molecular weight is 505 g/mol. The quantitative estimate of drug-likeness (QED) is 0.110. The molecule has 0 bridgehead atoms. The molecule has 0 atom stereocenters. The fourth-order valence-electron chi connectivity index (χ4n) is 2.11. The summed E-state index contributed by atoms with van der Waals surface area (Å²) in [5, 5.41) is 80.5. The van der Waals surface area contributed by atoms with Crippen LogP contribution in [0.25, 0.3) is 0 Å². The van der Waals surface area contributed by atoms with E-state index in [0.29, 0.717) is 6.42 Å². The number of carboxylic acid groups (broad SMARTS) is 1. The lowest BCUT2D eigenvalue weighted by Gasteiger charge is -2.01. The Morgan fingerprint density at radius 2 is 0.735 bits per heavy atom. The number of rotatable bonds is 18. The summed E-state index contributed by atoms with van der Waals surface area (Å²) in [5.41, 5.74) is 0. The number of carboxylic acids is 1. The van der Waals surface area contributed by atoms with Gasteiger partial charge in [0.2, 0.25) is 0 Å². The van der Waals surface area contributed by atoms with Crippen molar-refractivity contribution < 1.29 is 55.9 Å². The second-order valence-corrected chi connectivity index (χ2v) is 7.74. The summed E-state index contributed by atoms with van der Waals surface area (Å²) < 4.78 is 0. The van der Waals surface area contributed by atoms with Crippen LogP contribution in [0, 0.1) is 0 Å². The molecular weight excluding hydrogens is 452 g/mol. The fourth-order valence-corrected chi connectivity index (χ4v) is 2.11. The molecule has 0 aromatic carbocycles. The fraction of sp³-hybridized carbons (Fsp3) is 0.957. The molecule has 0 aromatic heterocycles. The number of aliphatic hydroxyl groups is 9. The molecule has 10 N–H and O–H groups in total. The van der Waals surface area contributed by atoms with Gasteiger partial charge >= 0.3 is 5.97 Å². The predicted molar refractivity (Wildman–Crippen MR) is 129 cm³/mol. The van der Waals surface area contributed by atoms with Crippen molar-refractivity contribution in [2.75, 3.05) is 39.6 Å². The highest BCUT2D eigenvalue weighted by molar-refractivity contribution is 5.66. The molecule has 0 amide bonds. The number of aliphatic carboxylic acids is 1. The predicted octanol–water partition coefficient (Wildman–Crippen LogP) is -0.232. The van der Waals surface area contributed by atoms with E-state index in [9.17, 15) is 4.79 Å². The van der Waals surface area contributed by atoms with Crippen molar-refractivity contribution >= 4 is 5.97 Å². The number of hydrogen-bond acceptors (Lipinski definition) is 10. The summed E-state index contributed by atoms with van der Waals surface area (Å²) in [6, 6.07) is 0. The zero-order valence-corrected chi connectivity index (χ0v) is 20.8. The molecule has 0 heterocycles. The molecule has 0 aliphatic heterocycles. The maximum atomic E-state index is 10.3. The van der Waals surface area contributed by atoms with E-state index in [-0.39, 0.29) is 39.6 Å². The topological polar surface area (TPSA) is 219 Å². The zero-order valence-electron chi connectivity index (χ0n) is 20.8. The largest absolute Gasteiger partial charge is 0.481 e. The third kappa shape index (κ3) is 48.5. The van der Waals surface area contributed by atoms with Crippen molar-refractivity contribution in [3.63, 3.8) is 0 Å². The Morgan fingerprint density at radius 1 is 0.500 bits per heavy atom. The molecule has 0 spiro atoms. The highest BCUT2D eigenvalue weighted by Gasteiger charge is 1.97. The Balaban J connectivity index is -0.000000205. The number of carbonyl (C=O) groups is 1. The van der Waals surface area contributed by atoms with E-state index in [1.807, 2.05) is 0 Å². The standard InChI is InChI=1S/C14H28O2.3C3H8O3/c1-2-3-4-5-6-7-8-9-10-11-12-13-14(15)16;3*4-1-3(6)2-5/h2-13H2,1H3,(H,15,16);3*3-6H,1-2H2. The molecule has 0 fully saturated rings. The van der Waals surface area contributed by atoms with Gasteiger partial charge in [-0.05, 0) is 6.42 Å². The van der Waals surface area contributed by atoms with Gasteiger partial charge in [-0.2, -0.15) is 0 Å². The van der Waals surface area contributed by atoms with Crippen LogP contribution in [0.1, 0.15) is 84.0 Å². The molecule has 0 radical (unpaired) electrons. The monoisotopic (exact) mass is 504 g/mol. The molecule has 11 nitrogen and oxygen atoms in total. The molecule has 0 aliphatic carbocycles. The van der Waals surface area contributed by atoms with Crippen LogP contribution in [0.3, 0.4) is 0 Å². The van der Waals surface area contributed by atoms with E-state index in [1.54, 1.807) is 0 Å². The summed E-state index contributed by atoms with van der Waals surface area (Å²) >= 11 is 0. The van der Waals surface area contributed by atoms with Gasteiger partial charge in [0.25, 0.3) is 0 Å². The van der Waals surface area contributed by atoms with Gasteiger partial charge in [-0.3, -0.25) is 4.79 Å². The first kappa shape index (κ1) is 40.3. The first-order valence-corrected chi connectivity index (χ1v) is 12.1. The van der Waals surface area contributed by atoms with Crippen LogP contribution in [-0.2, 0) is 4.79 Å². The lowest BCUT2D eigenvalue weighted by atomic mass is 10.1. The third-order valence-corrected chi connectivity index (χ3v) is 4.26. The number of hydrogen-bond donors (Lipinski definition) is 10. The van der Waals surface area contributed by atoms with Gasteiger partial charge in [0.05, 0.1) is 39.6 Å². The molecule has 210 valence electrons. The Hall–Kier alpha value is -0.890. The minimum absolute atomic E-state index is 0.344. The Kier molecular flexibility index (Phi) is 43.5. The second kappa shape index (κ2) is 36.7. The number of aliphatic hydroxyl groups excluding tert-OH is 9. The van der Waals surface area contributed by atoms with Crippen LogP contribution in [0.15, 0.2) is 0 Å². The van der Waals surface area contributed by atoms with E-state index in [2.05, 4.69) is 6.92 Å². The first-order valence-electron chi connectivity index (χ1n) is 12.1. The molecule has 0 rings (SSSR count). The maximum absolute atomic E-state index is 10.3. The van der Waals surface area contributed by atoms with Gasteiger partial charge in [0.1, 0.15) is 18.3 Å². The molecular formula is C23H52O11. The molecule has 0 unspecified atom stereocenters. The van der Waals surface area contributed by atoms with Crippen LogP contribution >= 0.6 is 0 Å². The molecule has 0 aliphatic rings. The first-order chi connectivity index (χ1) is 16.2. The van der Waals surface area contributed by atoms with E-state index >= 15 is 0 Å². The smallest absolute Gasteiger partial charge is 0.303 e. The summed E-state index contributed by atoms with van der Waals surface area (Å²) in [6.07, 6.45) is 11.5. The van der Waals surface area contributed by atoms with Crippen LogP contribution in [-0.4, -0.2) is 115 Å². The highest BCUT2D eigenvalue weighted by Crippen LogP contribution is 2.11. The Labute approximate surface area is 204 Å². The van der Waals surface area contributed by atoms with Crippen LogP contribution in [0.2, 0.25) is 0 Å². The van der Waals surface area contributed by atoms with E-state index in [1.165, 1.54) is 57.8 Å². The second-order valence-electron chi connectivity index (χ2n) is 7.74. The van der Waals surface area contributed by atoms with Gasteiger partial charge in [-0.1, -0.05) is 71.1 Å². The Bertz CT molecular complexity index is 324. The third-order valence-electron chi connectivity index (χ3n) is 4.26. The lowest BCUT2D eigenvalue weighted by Crippen LogP contribution is -2.15. The van der Waals surface area contributed by atoms with Crippen molar-refractivity contribution in [3.05, 3.63) is 0 Å². The van der Waals surface area contributed by atoms with Crippen LogP contribution < -0.4 is 0 Å². The summed E-state index contributed by atoms with van der Waals surface area (Å²) in [5.74, 6) is -0.657. The van der Waals surface area contributed by atoms with Gasteiger partial charge in [-0.15, -0.1) is 0 Å². The van der Waals surface area contributed by atoms with Crippen molar-refractivity contribution in [1.82, 2.24) is 0 Å². The average Bonchev–Trinajstić information content (AvgIpc) is 2.86. The normalized spacial score (nSPS) is 10.3. The molecule has 11 heteroatoms. The molecule has 0 saturated heterocycles. The maximum Gasteiger partial charge on any atom is 0.303 e. The SMILES string of the molecule is CCCCCCCCCCCCCC(=O)O.OCC(O)CO.OCC(O)CO.OCC(O)CO. The van der Waals surface area contributed by atoms with Gasteiger partial charge < -0.3 is 51.1 Å². The lowest BCUT2D eigenvalue weighted by molar-refractivity contribution is -0.137. The van der Waals surface area contributed by atoms with Gasteiger partial charge in [0, 0.05) is 6.42 Å². The van der Waals surface area contributed by atoms with E-state index in [0.717, 1.165) is 12.8 Å². The van der Waals surface area contributed by atoms with E-state index in [4.69, 9.17) is 51.1 Å². The molecule has 34 heavy (non-hydrogen) atoms. The number of unbranched alkanes of at least 4 members (excludes halogenated alkanes) is 10.